The van der Waals surface area contributed by atoms with Crippen molar-refractivity contribution in [2.24, 2.45) is 5.73 Å². The second kappa shape index (κ2) is 7.24. The summed E-state index contributed by atoms with van der Waals surface area (Å²) in [5.74, 6) is 0. The quantitative estimate of drug-likeness (QED) is 0.610. The molecule has 0 unspecified atom stereocenters. The molecule has 2 nitrogen and oxygen atoms in total. The first kappa shape index (κ1) is 13.9. The molecule has 0 atom stereocenters. The molecule has 0 radical (unpaired) electrons. The summed E-state index contributed by atoms with van der Waals surface area (Å²) >= 11 is 0. The van der Waals surface area contributed by atoms with E-state index in [0.717, 1.165) is 13.0 Å². The summed E-state index contributed by atoms with van der Waals surface area (Å²) in [6, 6.07) is 0. The van der Waals surface area contributed by atoms with Crippen LogP contribution < -0.4 is 5.73 Å². The third kappa shape index (κ3) is 10.0. The van der Waals surface area contributed by atoms with Gasteiger partial charge in [-0.2, -0.15) is 0 Å². The van der Waals surface area contributed by atoms with Gasteiger partial charge in [0.2, 0.25) is 0 Å². The van der Waals surface area contributed by atoms with Crippen LogP contribution in [0.15, 0.2) is 0 Å². The normalized spacial score (nSPS) is 12.4. The lowest BCUT2D eigenvalue weighted by atomic mass is 10.0. The highest BCUT2D eigenvalue weighted by Crippen LogP contribution is 2.05. The minimum Gasteiger partial charge on any atom is -0.326 e. The Labute approximate surface area is 89.9 Å². The number of hydrogen-bond donors (Lipinski definition) is 1. The summed E-state index contributed by atoms with van der Waals surface area (Å²) in [5, 5.41) is 0. The lowest BCUT2D eigenvalue weighted by molar-refractivity contribution is 0.289. The van der Waals surface area contributed by atoms with Crippen LogP contribution in [0, 0.1) is 0 Å². The molecule has 0 amide bonds. The van der Waals surface area contributed by atoms with Gasteiger partial charge < -0.3 is 10.6 Å². The maximum atomic E-state index is 5.93. The van der Waals surface area contributed by atoms with Crippen molar-refractivity contribution in [2.75, 3.05) is 20.1 Å². The van der Waals surface area contributed by atoms with Crippen LogP contribution in [0.3, 0.4) is 0 Å². The number of hydrogen-bond acceptors (Lipinski definition) is 2. The van der Waals surface area contributed by atoms with Gasteiger partial charge in [-0.1, -0.05) is 26.2 Å². The van der Waals surface area contributed by atoms with Crippen molar-refractivity contribution in [2.45, 2.75) is 58.4 Å². The van der Waals surface area contributed by atoms with Crippen molar-refractivity contribution in [1.82, 2.24) is 4.90 Å². The molecule has 0 aliphatic rings. The molecule has 0 aromatic heterocycles. The van der Waals surface area contributed by atoms with E-state index in [4.69, 9.17) is 5.73 Å². The van der Waals surface area contributed by atoms with Crippen LogP contribution >= 0.6 is 0 Å². The molecule has 0 aromatic carbocycles. The van der Waals surface area contributed by atoms with E-state index in [2.05, 4.69) is 32.7 Å². The fourth-order valence-electron chi connectivity index (χ4n) is 1.40. The lowest BCUT2D eigenvalue weighted by Crippen LogP contribution is -2.36. The molecule has 0 aliphatic heterocycles. The fourth-order valence-corrected chi connectivity index (χ4v) is 1.40. The van der Waals surface area contributed by atoms with Crippen molar-refractivity contribution in [3.63, 3.8) is 0 Å². The van der Waals surface area contributed by atoms with Crippen LogP contribution in [0.5, 0.6) is 0 Å². The molecular weight excluding hydrogens is 172 g/mol. The Bertz CT molecular complexity index is 127. The number of nitrogens with zero attached hydrogens (tertiary/aromatic N) is 1. The second-order valence-electron chi connectivity index (χ2n) is 5.10. The van der Waals surface area contributed by atoms with Gasteiger partial charge in [0.1, 0.15) is 0 Å². The van der Waals surface area contributed by atoms with Crippen LogP contribution in [-0.2, 0) is 0 Å². The van der Waals surface area contributed by atoms with E-state index in [0.29, 0.717) is 0 Å². The highest BCUT2D eigenvalue weighted by Gasteiger charge is 2.11. The minimum absolute atomic E-state index is 0.0162. The summed E-state index contributed by atoms with van der Waals surface area (Å²) in [5.41, 5.74) is 5.92. The molecule has 0 rings (SSSR count). The van der Waals surface area contributed by atoms with Crippen LogP contribution in [-0.4, -0.2) is 30.6 Å². The van der Waals surface area contributed by atoms with Crippen molar-refractivity contribution in [3.8, 4) is 0 Å². The minimum atomic E-state index is -0.0162. The Kier molecular flexibility index (Phi) is 7.20. The van der Waals surface area contributed by atoms with E-state index in [1.807, 2.05) is 0 Å². The van der Waals surface area contributed by atoms with Gasteiger partial charge in [0.05, 0.1) is 0 Å². The van der Waals surface area contributed by atoms with Crippen LogP contribution in [0.25, 0.3) is 0 Å². The zero-order chi connectivity index (χ0) is 11.0. The molecule has 2 heteroatoms. The van der Waals surface area contributed by atoms with E-state index in [1.54, 1.807) is 0 Å². The van der Waals surface area contributed by atoms with Crippen molar-refractivity contribution >= 4 is 0 Å². The fraction of sp³-hybridized carbons (Fsp3) is 1.00. The van der Waals surface area contributed by atoms with Crippen LogP contribution in [0.2, 0.25) is 0 Å². The SMILES string of the molecule is CCCCCCN(C)CCC(C)(C)N. The summed E-state index contributed by atoms with van der Waals surface area (Å²) in [7, 11) is 2.19. The summed E-state index contributed by atoms with van der Waals surface area (Å²) in [4.78, 5) is 2.39. The molecule has 0 bridgehead atoms. The predicted molar refractivity (Wildman–Crippen MR) is 64.5 cm³/mol. The first-order valence-electron chi connectivity index (χ1n) is 5.93. The van der Waals surface area contributed by atoms with E-state index in [1.165, 1.54) is 32.2 Å². The Morgan fingerprint density at radius 3 is 2.21 bits per heavy atom. The Morgan fingerprint density at radius 1 is 1.07 bits per heavy atom. The second-order valence-corrected chi connectivity index (χ2v) is 5.10. The van der Waals surface area contributed by atoms with Gasteiger partial charge in [-0.25, -0.2) is 0 Å². The van der Waals surface area contributed by atoms with Crippen LogP contribution in [0.4, 0.5) is 0 Å². The molecule has 86 valence electrons. The predicted octanol–water partition coefficient (Wildman–Crippen LogP) is 2.63. The standard InChI is InChI=1S/C12H28N2/c1-5-6-7-8-10-14(4)11-9-12(2,3)13/h5-11,13H2,1-4H3. The van der Waals surface area contributed by atoms with Gasteiger partial charge >= 0.3 is 0 Å². The average Bonchev–Trinajstić information content (AvgIpc) is 2.08. The number of rotatable bonds is 8. The largest absolute Gasteiger partial charge is 0.326 e. The molecule has 14 heavy (non-hydrogen) atoms. The van der Waals surface area contributed by atoms with E-state index < -0.39 is 0 Å². The zero-order valence-electron chi connectivity index (χ0n) is 10.5. The summed E-state index contributed by atoms with van der Waals surface area (Å²) in [6.07, 6.45) is 6.47. The maximum absolute atomic E-state index is 5.93. The molecule has 2 N–H and O–H groups in total. The van der Waals surface area contributed by atoms with E-state index in [-0.39, 0.29) is 5.54 Å². The Morgan fingerprint density at radius 2 is 1.71 bits per heavy atom. The van der Waals surface area contributed by atoms with Gasteiger partial charge in [0.15, 0.2) is 0 Å². The van der Waals surface area contributed by atoms with Gasteiger partial charge in [-0.3, -0.25) is 0 Å². The van der Waals surface area contributed by atoms with Gasteiger partial charge in [0.25, 0.3) is 0 Å². The molecule has 0 saturated heterocycles. The van der Waals surface area contributed by atoms with Crippen LogP contribution in [0.1, 0.15) is 52.9 Å². The lowest BCUT2D eigenvalue weighted by Gasteiger charge is -2.23. The topological polar surface area (TPSA) is 29.3 Å². The molecule has 0 fully saturated rings. The first-order valence-corrected chi connectivity index (χ1v) is 5.93. The molecule has 0 spiro atoms. The maximum Gasteiger partial charge on any atom is 0.0109 e. The van der Waals surface area contributed by atoms with Gasteiger partial charge in [-0.05, 0) is 46.8 Å². The highest BCUT2D eigenvalue weighted by atomic mass is 15.1. The first-order chi connectivity index (χ1) is 6.45. The molecule has 0 aliphatic carbocycles. The van der Waals surface area contributed by atoms with E-state index >= 15 is 0 Å². The number of nitrogens with two attached hydrogens (primary N) is 1. The van der Waals surface area contributed by atoms with Crippen molar-refractivity contribution < 1.29 is 0 Å². The van der Waals surface area contributed by atoms with Gasteiger partial charge in [0, 0.05) is 5.54 Å². The third-order valence-corrected chi connectivity index (χ3v) is 2.53. The third-order valence-electron chi connectivity index (χ3n) is 2.53. The van der Waals surface area contributed by atoms with Crippen molar-refractivity contribution in [1.29, 1.82) is 0 Å². The molecule has 0 heterocycles. The number of unbranched alkanes of at least 4 members (excludes halogenated alkanes) is 3. The smallest absolute Gasteiger partial charge is 0.0109 e. The summed E-state index contributed by atoms with van der Waals surface area (Å²) < 4.78 is 0. The monoisotopic (exact) mass is 200 g/mol. The zero-order valence-corrected chi connectivity index (χ0v) is 10.5. The molecule has 0 aromatic rings. The van der Waals surface area contributed by atoms with Crippen molar-refractivity contribution in [3.05, 3.63) is 0 Å². The Balaban J connectivity index is 3.32. The molecular formula is C12H28N2. The summed E-state index contributed by atoms with van der Waals surface area (Å²) in [6.45, 7) is 8.78. The average molecular weight is 200 g/mol. The molecule has 0 saturated carbocycles. The Hall–Kier alpha value is -0.0800. The van der Waals surface area contributed by atoms with E-state index in [9.17, 15) is 0 Å². The highest BCUT2D eigenvalue weighted by molar-refractivity contribution is 4.72. The van der Waals surface area contributed by atoms with Gasteiger partial charge in [-0.15, -0.1) is 0 Å².